The van der Waals surface area contributed by atoms with Crippen molar-refractivity contribution in [1.82, 2.24) is 20.1 Å². The lowest BCUT2D eigenvalue weighted by Crippen LogP contribution is -2.44. The predicted molar refractivity (Wildman–Crippen MR) is 81.6 cm³/mol. The zero-order valence-corrected chi connectivity index (χ0v) is 13.2. The van der Waals surface area contributed by atoms with Crippen LogP contribution in [0.5, 0.6) is 0 Å². The van der Waals surface area contributed by atoms with Gasteiger partial charge in [0.05, 0.1) is 6.20 Å². The molecule has 3 heterocycles. The molecular formula is C14H15ClN4OS. The van der Waals surface area contributed by atoms with Crippen molar-refractivity contribution in [2.45, 2.75) is 25.2 Å². The normalized spacial score (nSPS) is 17.7. The van der Waals surface area contributed by atoms with E-state index < -0.39 is 0 Å². The molecule has 0 saturated carbocycles. The zero-order valence-electron chi connectivity index (χ0n) is 11.6. The Hall–Kier alpha value is -1.53. The summed E-state index contributed by atoms with van der Waals surface area (Å²) in [4.78, 5) is 18.6. The molecule has 0 unspecified atom stereocenters. The summed E-state index contributed by atoms with van der Waals surface area (Å²) in [6.07, 6.45) is 5.02. The van der Waals surface area contributed by atoms with Gasteiger partial charge in [0.15, 0.2) is 5.69 Å². The van der Waals surface area contributed by atoms with Crippen molar-refractivity contribution >= 4 is 28.8 Å². The molecule has 2 aromatic rings. The van der Waals surface area contributed by atoms with E-state index in [1.807, 2.05) is 4.90 Å². The maximum Gasteiger partial charge on any atom is 0.274 e. The molecule has 1 aliphatic heterocycles. The van der Waals surface area contributed by atoms with Crippen LogP contribution in [0.1, 0.15) is 35.3 Å². The first-order chi connectivity index (χ1) is 10.1. The van der Waals surface area contributed by atoms with Gasteiger partial charge in [-0.25, -0.2) is 4.98 Å². The summed E-state index contributed by atoms with van der Waals surface area (Å²) in [5, 5.41) is 8.70. The Labute approximate surface area is 132 Å². The van der Waals surface area contributed by atoms with E-state index in [4.69, 9.17) is 11.6 Å². The topological polar surface area (TPSA) is 59.0 Å². The van der Waals surface area contributed by atoms with Crippen LogP contribution in [0.4, 0.5) is 0 Å². The molecule has 0 aliphatic carbocycles. The summed E-state index contributed by atoms with van der Waals surface area (Å²) in [7, 11) is 0. The Morgan fingerprint density at radius 2 is 2.19 bits per heavy atom. The van der Waals surface area contributed by atoms with Crippen molar-refractivity contribution in [3.8, 4) is 0 Å². The summed E-state index contributed by atoms with van der Waals surface area (Å²) in [5.74, 6) is -0.0534. The number of amides is 1. The first-order valence-corrected chi connectivity index (χ1v) is 7.97. The van der Waals surface area contributed by atoms with Gasteiger partial charge in [-0.1, -0.05) is 18.5 Å². The standard InChI is InChI=1S/C14H15ClN4OS/c1-14(13-16-9-11(15)21-13)4-7-19(8-5-14)12(20)10-3-2-6-17-18-10/h2-3,6,9H,4-5,7-8H2,1H3. The van der Waals surface area contributed by atoms with Crippen LogP contribution in [0.25, 0.3) is 0 Å². The van der Waals surface area contributed by atoms with Crippen LogP contribution < -0.4 is 0 Å². The minimum Gasteiger partial charge on any atom is -0.337 e. The van der Waals surface area contributed by atoms with E-state index in [2.05, 4.69) is 22.1 Å². The van der Waals surface area contributed by atoms with E-state index in [9.17, 15) is 4.79 Å². The lowest BCUT2D eigenvalue weighted by molar-refractivity contribution is 0.0668. The van der Waals surface area contributed by atoms with Crippen LogP contribution >= 0.6 is 22.9 Å². The molecule has 3 rings (SSSR count). The molecule has 110 valence electrons. The molecule has 0 N–H and O–H groups in total. The van der Waals surface area contributed by atoms with Crippen LogP contribution in [0, 0.1) is 0 Å². The Balaban J connectivity index is 1.69. The summed E-state index contributed by atoms with van der Waals surface area (Å²) in [5.41, 5.74) is 0.398. The fourth-order valence-electron chi connectivity index (χ4n) is 2.53. The van der Waals surface area contributed by atoms with Gasteiger partial charge in [0.1, 0.15) is 9.34 Å². The fourth-order valence-corrected chi connectivity index (χ4v) is 3.64. The molecule has 21 heavy (non-hydrogen) atoms. The molecule has 2 aromatic heterocycles. The van der Waals surface area contributed by atoms with Gasteiger partial charge in [0, 0.05) is 24.7 Å². The summed E-state index contributed by atoms with van der Waals surface area (Å²) < 4.78 is 0.712. The van der Waals surface area contributed by atoms with Crippen LogP contribution in [0.3, 0.4) is 0 Å². The number of carbonyl (C=O) groups is 1. The van der Waals surface area contributed by atoms with Crippen molar-refractivity contribution < 1.29 is 4.79 Å². The van der Waals surface area contributed by atoms with Crippen LogP contribution in [-0.2, 0) is 5.41 Å². The predicted octanol–water partition coefficient (Wildman–Crippen LogP) is 2.78. The number of rotatable bonds is 2. The van der Waals surface area contributed by atoms with E-state index in [-0.39, 0.29) is 11.3 Å². The number of hydrogen-bond acceptors (Lipinski definition) is 5. The number of piperidine rings is 1. The number of hydrogen-bond donors (Lipinski definition) is 0. The van der Waals surface area contributed by atoms with E-state index in [1.165, 1.54) is 11.3 Å². The molecule has 1 amide bonds. The number of carbonyl (C=O) groups excluding carboxylic acids is 1. The minimum absolute atomic E-state index is 0.00302. The van der Waals surface area contributed by atoms with E-state index >= 15 is 0 Å². The second kappa shape index (κ2) is 5.69. The Morgan fingerprint density at radius 3 is 2.76 bits per heavy atom. The minimum atomic E-state index is -0.0534. The van der Waals surface area contributed by atoms with Crippen LogP contribution in [-0.4, -0.2) is 39.1 Å². The fraction of sp³-hybridized carbons (Fsp3) is 0.429. The molecular weight excluding hydrogens is 308 g/mol. The maximum atomic E-state index is 12.3. The van der Waals surface area contributed by atoms with E-state index in [0.717, 1.165) is 17.8 Å². The smallest absolute Gasteiger partial charge is 0.274 e. The van der Waals surface area contributed by atoms with Gasteiger partial charge in [-0.05, 0) is 25.0 Å². The number of thiazole rings is 1. The Bertz CT molecular complexity index is 637. The molecule has 0 bridgehead atoms. The van der Waals surface area contributed by atoms with Gasteiger partial charge in [0.25, 0.3) is 5.91 Å². The van der Waals surface area contributed by atoms with Crippen LogP contribution in [0.2, 0.25) is 4.34 Å². The van der Waals surface area contributed by atoms with Crippen molar-refractivity contribution in [3.63, 3.8) is 0 Å². The Kier molecular flexibility index (Phi) is 3.91. The maximum absolute atomic E-state index is 12.3. The van der Waals surface area contributed by atoms with E-state index in [1.54, 1.807) is 24.5 Å². The summed E-state index contributed by atoms with van der Waals surface area (Å²) >= 11 is 7.50. The third-order valence-electron chi connectivity index (χ3n) is 3.94. The molecule has 1 aliphatic rings. The number of nitrogens with zero attached hydrogens (tertiary/aromatic N) is 4. The molecule has 0 spiro atoms. The highest BCUT2D eigenvalue weighted by Gasteiger charge is 2.36. The van der Waals surface area contributed by atoms with E-state index in [0.29, 0.717) is 23.1 Å². The highest BCUT2D eigenvalue weighted by atomic mass is 35.5. The zero-order chi connectivity index (χ0) is 14.9. The van der Waals surface area contributed by atoms with Gasteiger partial charge in [-0.15, -0.1) is 16.4 Å². The average Bonchev–Trinajstić information content (AvgIpc) is 2.96. The van der Waals surface area contributed by atoms with Crippen molar-refractivity contribution in [2.75, 3.05) is 13.1 Å². The molecule has 0 aromatic carbocycles. The van der Waals surface area contributed by atoms with Gasteiger partial charge >= 0.3 is 0 Å². The van der Waals surface area contributed by atoms with Gasteiger partial charge in [-0.3, -0.25) is 4.79 Å². The monoisotopic (exact) mass is 322 g/mol. The van der Waals surface area contributed by atoms with Gasteiger partial charge in [0.2, 0.25) is 0 Å². The largest absolute Gasteiger partial charge is 0.337 e. The molecule has 7 heteroatoms. The first-order valence-electron chi connectivity index (χ1n) is 6.77. The lowest BCUT2D eigenvalue weighted by Gasteiger charge is -2.37. The highest BCUT2D eigenvalue weighted by molar-refractivity contribution is 7.15. The summed E-state index contributed by atoms with van der Waals surface area (Å²) in [6, 6.07) is 3.43. The molecule has 5 nitrogen and oxygen atoms in total. The van der Waals surface area contributed by atoms with Crippen molar-refractivity contribution in [3.05, 3.63) is 39.6 Å². The first kappa shape index (κ1) is 14.4. The molecule has 1 saturated heterocycles. The van der Waals surface area contributed by atoms with Crippen LogP contribution in [0.15, 0.2) is 24.5 Å². The number of halogens is 1. The number of likely N-dealkylation sites (tertiary alicyclic amines) is 1. The van der Waals surface area contributed by atoms with Crippen molar-refractivity contribution in [2.24, 2.45) is 0 Å². The number of aromatic nitrogens is 3. The SMILES string of the molecule is CC1(c2ncc(Cl)s2)CCN(C(=O)c2cccnn2)CC1. The second-order valence-corrected chi connectivity index (χ2v) is 7.09. The third kappa shape index (κ3) is 2.91. The Morgan fingerprint density at radius 1 is 1.43 bits per heavy atom. The quantitative estimate of drug-likeness (QED) is 0.853. The highest BCUT2D eigenvalue weighted by Crippen LogP contribution is 2.38. The van der Waals surface area contributed by atoms with Gasteiger partial charge < -0.3 is 4.90 Å². The second-order valence-electron chi connectivity index (χ2n) is 5.43. The van der Waals surface area contributed by atoms with Gasteiger partial charge in [-0.2, -0.15) is 5.10 Å². The lowest BCUT2D eigenvalue weighted by atomic mass is 9.81. The molecule has 0 atom stereocenters. The third-order valence-corrected chi connectivity index (χ3v) is 5.36. The average molecular weight is 323 g/mol. The summed E-state index contributed by atoms with van der Waals surface area (Å²) in [6.45, 7) is 3.58. The molecule has 1 fully saturated rings. The van der Waals surface area contributed by atoms with Crippen molar-refractivity contribution in [1.29, 1.82) is 0 Å². The molecule has 0 radical (unpaired) electrons.